The SMILES string of the molecule is CCOc1ccccc1/C=C/[N+](=O)[O-]. The number of hydrogen-bond donors (Lipinski definition) is 0. The van der Waals surface area contributed by atoms with Crippen LogP contribution in [-0.4, -0.2) is 11.5 Å². The van der Waals surface area contributed by atoms with Crippen LogP contribution in [0.25, 0.3) is 6.08 Å². The highest BCUT2D eigenvalue weighted by Gasteiger charge is 1.99. The normalized spacial score (nSPS) is 10.4. The van der Waals surface area contributed by atoms with E-state index in [4.69, 9.17) is 4.74 Å². The monoisotopic (exact) mass is 193 g/mol. The van der Waals surface area contributed by atoms with Crippen molar-refractivity contribution in [3.05, 3.63) is 46.1 Å². The molecule has 0 spiro atoms. The lowest BCUT2D eigenvalue weighted by molar-refractivity contribution is -0.400. The minimum absolute atomic E-state index is 0.497. The van der Waals surface area contributed by atoms with Crippen molar-refractivity contribution in [3.63, 3.8) is 0 Å². The first-order chi connectivity index (χ1) is 6.74. The van der Waals surface area contributed by atoms with Crippen LogP contribution in [0.1, 0.15) is 12.5 Å². The maximum absolute atomic E-state index is 10.1. The van der Waals surface area contributed by atoms with Crippen LogP contribution in [0.5, 0.6) is 5.75 Å². The van der Waals surface area contributed by atoms with Gasteiger partial charge in [-0.3, -0.25) is 10.1 Å². The number of ether oxygens (including phenoxy) is 1. The molecule has 0 aliphatic heterocycles. The lowest BCUT2D eigenvalue weighted by Crippen LogP contribution is -1.93. The molecular weight excluding hydrogens is 182 g/mol. The fourth-order valence-electron chi connectivity index (χ4n) is 1.05. The molecule has 0 unspecified atom stereocenters. The second-order valence-corrected chi connectivity index (χ2v) is 2.57. The average molecular weight is 193 g/mol. The van der Waals surface area contributed by atoms with Gasteiger partial charge in [0.1, 0.15) is 5.75 Å². The van der Waals surface area contributed by atoms with E-state index >= 15 is 0 Å². The number of para-hydroxylation sites is 1. The standard InChI is InChI=1S/C10H11NO3/c1-2-14-10-6-4-3-5-9(10)7-8-11(12)13/h3-8H,2H2,1H3/b8-7+. The van der Waals surface area contributed by atoms with Crippen LogP contribution in [0, 0.1) is 10.1 Å². The van der Waals surface area contributed by atoms with Crippen LogP contribution in [0.3, 0.4) is 0 Å². The van der Waals surface area contributed by atoms with Gasteiger partial charge in [-0.05, 0) is 13.0 Å². The Hall–Kier alpha value is -1.84. The van der Waals surface area contributed by atoms with Gasteiger partial charge in [-0.1, -0.05) is 18.2 Å². The van der Waals surface area contributed by atoms with Crippen LogP contribution < -0.4 is 4.74 Å². The Morgan fingerprint density at radius 3 is 2.86 bits per heavy atom. The van der Waals surface area contributed by atoms with E-state index in [0.29, 0.717) is 17.9 Å². The van der Waals surface area contributed by atoms with E-state index in [1.807, 2.05) is 19.1 Å². The smallest absolute Gasteiger partial charge is 0.235 e. The second-order valence-electron chi connectivity index (χ2n) is 2.57. The zero-order valence-corrected chi connectivity index (χ0v) is 7.84. The maximum atomic E-state index is 10.1. The van der Waals surface area contributed by atoms with E-state index in [-0.39, 0.29) is 0 Å². The molecule has 0 aliphatic rings. The van der Waals surface area contributed by atoms with Crippen LogP contribution in [-0.2, 0) is 0 Å². The highest BCUT2D eigenvalue weighted by atomic mass is 16.6. The third-order valence-electron chi connectivity index (χ3n) is 1.59. The van der Waals surface area contributed by atoms with E-state index in [9.17, 15) is 10.1 Å². The van der Waals surface area contributed by atoms with Crippen LogP contribution in [0.4, 0.5) is 0 Å². The molecular formula is C10H11NO3. The summed E-state index contributed by atoms with van der Waals surface area (Å²) in [5.41, 5.74) is 0.714. The molecule has 0 aromatic heterocycles. The van der Waals surface area contributed by atoms with Crippen molar-refractivity contribution >= 4 is 6.08 Å². The zero-order valence-electron chi connectivity index (χ0n) is 7.84. The predicted octanol–water partition coefficient (Wildman–Crippen LogP) is 2.33. The summed E-state index contributed by atoms with van der Waals surface area (Å²) < 4.78 is 5.30. The van der Waals surface area contributed by atoms with Gasteiger partial charge in [0.05, 0.1) is 11.5 Å². The van der Waals surface area contributed by atoms with Crippen molar-refractivity contribution in [2.24, 2.45) is 0 Å². The highest BCUT2D eigenvalue weighted by molar-refractivity contribution is 5.56. The molecule has 0 radical (unpaired) electrons. The van der Waals surface area contributed by atoms with Crippen molar-refractivity contribution in [1.29, 1.82) is 0 Å². The van der Waals surface area contributed by atoms with Crippen molar-refractivity contribution < 1.29 is 9.66 Å². The molecule has 0 saturated carbocycles. The van der Waals surface area contributed by atoms with Crippen LogP contribution in [0.2, 0.25) is 0 Å². The summed E-state index contributed by atoms with van der Waals surface area (Å²) in [6.07, 6.45) is 2.32. The number of rotatable bonds is 4. The van der Waals surface area contributed by atoms with Gasteiger partial charge in [0.2, 0.25) is 6.20 Å². The lowest BCUT2D eigenvalue weighted by Gasteiger charge is -2.04. The molecule has 0 aliphatic carbocycles. The van der Waals surface area contributed by atoms with Crippen molar-refractivity contribution in [3.8, 4) is 5.75 Å². The number of hydrogen-bond acceptors (Lipinski definition) is 3. The fourth-order valence-corrected chi connectivity index (χ4v) is 1.05. The summed E-state index contributed by atoms with van der Waals surface area (Å²) in [4.78, 5) is 9.62. The minimum atomic E-state index is -0.497. The molecule has 0 heterocycles. The Morgan fingerprint density at radius 1 is 1.50 bits per heavy atom. The van der Waals surface area contributed by atoms with Gasteiger partial charge >= 0.3 is 0 Å². The molecule has 0 N–H and O–H groups in total. The topological polar surface area (TPSA) is 52.4 Å². The van der Waals surface area contributed by atoms with E-state index in [1.54, 1.807) is 12.1 Å². The summed E-state index contributed by atoms with van der Waals surface area (Å²) in [5.74, 6) is 0.660. The van der Waals surface area contributed by atoms with Gasteiger partial charge in [0.15, 0.2) is 0 Å². The molecule has 1 rings (SSSR count). The molecule has 0 atom stereocenters. The average Bonchev–Trinajstić information content (AvgIpc) is 2.17. The first-order valence-electron chi connectivity index (χ1n) is 4.27. The number of nitrogens with zero attached hydrogens (tertiary/aromatic N) is 1. The van der Waals surface area contributed by atoms with Gasteiger partial charge < -0.3 is 4.74 Å². The predicted molar refractivity (Wildman–Crippen MR) is 53.6 cm³/mol. The third-order valence-corrected chi connectivity index (χ3v) is 1.59. The van der Waals surface area contributed by atoms with Gasteiger partial charge in [-0.25, -0.2) is 0 Å². The third kappa shape index (κ3) is 2.90. The Balaban J connectivity index is 2.89. The molecule has 4 heteroatoms. The largest absolute Gasteiger partial charge is 0.493 e. The maximum Gasteiger partial charge on any atom is 0.235 e. The van der Waals surface area contributed by atoms with E-state index in [0.717, 1.165) is 6.20 Å². The first-order valence-corrected chi connectivity index (χ1v) is 4.27. The second kappa shape index (κ2) is 5.01. The van der Waals surface area contributed by atoms with E-state index in [1.165, 1.54) is 6.08 Å². The van der Waals surface area contributed by atoms with Crippen molar-refractivity contribution in [1.82, 2.24) is 0 Å². The Bertz CT molecular complexity index is 347. The van der Waals surface area contributed by atoms with Crippen molar-refractivity contribution in [2.75, 3.05) is 6.61 Å². The Morgan fingerprint density at radius 2 is 2.21 bits per heavy atom. The Labute approximate surface area is 82.0 Å². The van der Waals surface area contributed by atoms with Crippen LogP contribution in [0.15, 0.2) is 30.5 Å². The summed E-state index contributed by atoms with van der Waals surface area (Å²) >= 11 is 0. The summed E-state index contributed by atoms with van der Waals surface area (Å²) in [6, 6.07) is 7.19. The summed E-state index contributed by atoms with van der Waals surface area (Å²) in [6.45, 7) is 2.41. The highest BCUT2D eigenvalue weighted by Crippen LogP contribution is 2.19. The molecule has 0 amide bonds. The van der Waals surface area contributed by atoms with Gasteiger partial charge in [-0.15, -0.1) is 0 Å². The molecule has 0 fully saturated rings. The molecule has 1 aromatic rings. The number of benzene rings is 1. The quantitative estimate of drug-likeness (QED) is 0.544. The first kappa shape index (κ1) is 10.2. The van der Waals surface area contributed by atoms with Gasteiger partial charge in [-0.2, -0.15) is 0 Å². The van der Waals surface area contributed by atoms with E-state index < -0.39 is 4.92 Å². The summed E-state index contributed by atoms with van der Waals surface area (Å²) in [7, 11) is 0. The van der Waals surface area contributed by atoms with Gasteiger partial charge in [0.25, 0.3) is 0 Å². The molecule has 4 nitrogen and oxygen atoms in total. The van der Waals surface area contributed by atoms with Gasteiger partial charge in [0, 0.05) is 11.6 Å². The lowest BCUT2D eigenvalue weighted by atomic mass is 10.2. The molecule has 14 heavy (non-hydrogen) atoms. The summed E-state index contributed by atoms with van der Waals surface area (Å²) in [5, 5.41) is 10.1. The van der Waals surface area contributed by atoms with Crippen molar-refractivity contribution in [2.45, 2.75) is 6.92 Å². The molecule has 74 valence electrons. The zero-order chi connectivity index (χ0) is 10.4. The fraction of sp³-hybridized carbons (Fsp3) is 0.200. The molecule has 0 bridgehead atoms. The number of nitro groups is 1. The van der Waals surface area contributed by atoms with Crippen LogP contribution >= 0.6 is 0 Å². The van der Waals surface area contributed by atoms with E-state index in [2.05, 4.69) is 0 Å². The minimum Gasteiger partial charge on any atom is -0.493 e. The molecule has 1 aromatic carbocycles. The molecule has 0 saturated heterocycles. The Kier molecular flexibility index (Phi) is 3.67.